The van der Waals surface area contributed by atoms with Gasteiger partial charge >= 0.3 is 0 Å². The van der Waals surface area contributed by atoms with Gasteiger partial charge in [-0.1, -0.05) is 19.9 Å². The van der Waals surface area contributed by atoms with Gasteiger partial charge in [0.15, 0.2) is 0 Å². The largest absolute Gasteiger partial charge is 0.495 e. The second-order valence-electron chi connectivity index (χ2n) is 6.47. The Morgan fingerprint density at radius 3 is 2.69 bits per heavy atom. The van der Waals surface area contributed by atoms with E-state index in [9.17, 15) is 4.79 Å². The molecule has 0 bridgehead atoms. The minimum absolute atomic E-state index is 0.00112. The number of methoxy groups -OCH3 is 1. The lowest BCUT2D eigenvalue weighted by molar-refractivity contribution is -0.120. The number of carbonyl (C=O) groups is 1. The highest BCUT2D eigenvalue weighted by Gasteiger charge is 2.17. The van der Waals surface area contributed by atoms with Crippen molar-refractivity contribution in [3.8, 4) is 17.0 Å². The first-order valence-corrected chi connectivity index (χ1v) is 9.01. The van der Waals surface area contributed by atoms with Crippen LogP contribution in [0.1, 0.15) is 32.3 Å². The minimum atomic E-state index is 0.00112. The molecule has 0 aliphatic rings. The molecule has 2 aromatic heterocycles. The lowest BCUT2D eigenvalue weighted by Gasteiger charge is -2.15. The van der Waals surface area contributed by atoms with Crippen molar-refractivity contribution in [2.24, 2.45) is 5.92 Å². The van der Waals surface area contributed by atoms with Gasteiger partial charge in [0.2, 0.25) is 5.91 Å². The summed E-state index contributed by atoms with van der Waals surface area (Å²) in [4.78, 5) is 17.2. The van der Waals surface area contributed by atoms with Crippen LogP contribution in [0.4, 0.5) is 5.69 Å². The van der Waals surface area contributed by atoms with Crippen molar-refractivity contribution in [1.29, 1.82) is 0 Å². The molecular weight excluding hydrogens is 326 g/mol. The quantitative estimate of drug-likeness (QED) is 0.701. The third kappa shape index (κ3) is 3.43. The fourth-order valence-corrected chi connectivity index (χ4v) is 3.15. The maximum Gasteiger partial charge on any atom is 0.227 e. The number of amides is 1. The first kappa shape index (κ1) is 18.0. The monoisotopic (exact) mass is 351 g/mol. The number of benzene rings is 1. The second kappa shape index (κ2) is 7.60. The number of anilines is 1. The molecule has 0 aliphatic carbocycles. The van der Waals surface area contributed by atoms with Crippen LogP contribution in [0.3, 0.4) is 0 Å². The zero-order valence-electron chi connectivity index (χ0n) is 15.7. The number of aryl methyl sites for hydroxylation is 1. The fraction of sp³-hybridized carbons (Fsp3) is 0.333. The molecule has 5 heteroatoms. The number of ether oxygens (including phenoxy) is 1. The van der Waals surface area contributed by atoms with E-state index in [4.69, 9.17) is 9.72 Å². The van der Waals surface area contributed by atoms with E-state index in [2.05, 4.69) is 5.32 Å². The van der Waals surface area contributed by atoms with Crippen LogP contribution in [0.15, 0.2) is 42.7 Å². The molecule has 0 unspecified atom stereocenters. The van der Waals surface area contributed by atoms with Crippen LogP contribution in [0, 0.1) is 12.8 Å². The third-order valence-electron chi connectivity index (χ3n) is 4.79. The van der Waals surface area contributed by atoms with Gasteiger partial charge in [0.1, 0.15) is 11.4 Å². The zero-order chi connectivity index (χ0) is 18.7. The molecule has 136 valence electrons. The average molecular weight is 351 g/mol. The van der Waals surface area contributed by atoms with Crippen molar-refractivity contribution in [2.75, 3.05) is 12.4 Å². The number of nitrogens with one attached hydrogen (secondary N) is 1. The standard InChI is InChI=1S/C21H25N3O2/c1-5-15(6-2)21(25)23-17-12-16(9-10-19(17)26-4)18-13-24-11-7-8-14(3)20(24)22-18/h7-13,15H,5-6H2,1-4H3,(H,23,25). The van der Waals surface area contributed by atoms with Crippen LogP contribution in [0.25, 0.3) is 16.9 Å². The number of nitrogens with zero attached hydrogens (tertiary/aromatic N) is 2. The molecule has 0 spiro atoms. The van der Waals surface area contributed by atoms with Gasteiger partial charge in [0.05, 0.1) is 18.5 Å². The number of pyridine rings is 1. The van der Waals surface area contributed by atoms with E-state index in [1.807, 2.05) is 67.9 Å². The van der Waals surface area contributed by atoms with Crippen LogP contribution >= 0.6 is 0 Å². The molecule has 0 aliphatic heterocycles. The normalized spacial score (nSPS) is 11.1. The molecule has 1 amide bonds. The summed E-state index contributed by atoms with van der Waals surface area (Å²) < 4.78 is 7.43. The smallest absolute Gasteiger partial charge is 0.227 e. The molecule has 0 fully saturated rings. The first-order chi connectivity index (χ1) is 12.6. The first-order valence-electron chi connectivity index (χ1n) is 9.01. The molecule has 0 saturated carbocycles. The molecule has 26 heavy (non-hydrogen) atoms. The molecule has 1 N–H and O–H groups in total. The second-order valence-corrected chi connectivity index (χ2v) is 6.47. The van der Waals surface area contributed by atoms with E-state index in [0.717, 1.165) is 35.3 Å². The Bertz CT molecular complexity index is 926. The van der Waals surface area contributed by atoms with E-state index in [-0.39, 0.29) is 11.8 Å². The lowest BCUT2D eigenvalue weighted by atomic mass is 10.0. The molecule has 2 heterocycles. The Balaban J connectivity index is 1.98. The highest BCUT2D eigenvalue weighted by molar-refractivity contribution is 5.94. The van der Waals surface area contributed by atoms with Crippen LogP contribution in [0.5, 0.6) is 5.75 Å². The van der Waals surface area contributed by atoms with E-state index in [0.29, 0.717) is 11.4 Å². The summed E-state index contributed by atoms with van der Waals surface area (Å²) >= 11 is 0. The van der Waals surface area contributed by atoms with Crippen molar-refractivity contribution in [3.05, 3.63) is 48.3 Å². The van der Waals surface area contributed by atoms with Crippen LogP contribution in [-0.2, 0) is 4.79 Å². The van der Waals surface area contributed by atoms with Crippen molar-refractivity contribution in [3.63, 3.8) is 0 Å². The minimum Gasteiger partial charge on any atom is -0.495 e. The molecule has 0 atom stereocenters. The van der Waals surface area contributed by atoms with Crippen molar-refractivity contribution >= 4 is 17.2 Å². The van der Waals surface area contributed by atoms with Gasteiger partial charge in [-0.2, -0.15) is 0 Å². The van der Waals surface area contributed by atoms with Gasteiger partial charge in [-0.3, -0.25) is 4.79 Å². The maximum atomic E-state index is 12.5. The van der Waals surface area contributed by atoms with Crippen LogP contribution < -0.4 is 10.1 Å². The predicted octanol–water partition coefficient (Wildman–Crippen LogP) is 4.69. The molecular formula is C21H25N3O2. The zero-order valence-corrected chi connectivity index (χ0v) is 15.7. The van der Waals surface area contributed by atoms with Crippen molar-refractivity contribution in [1.82, 2.24) is 9.38 Å². The number of imidazole rings is 1. The van der Waals surface area contributed by atoms with Crippen molar-refractivity contribution in [2.45, 2.75) is 33.6 Å². The summed E-state index contributed by atoms with van der Waals surface area (Å²) in [5.74, 6) is 0.672. The third-order valence-corrected chi connectivity index (χ3v) is 4.79. The highest BCUT2D eigenvalue weighted by atomic mass is 16.5. The Morgan fingerprint density at radius 2 is 2.04 bits per heavy atom. The van der Waals surface area contributed by atoms with Crippen LogP contribution in [0.2, 0.25) is 0 Å². The van der Waals surface area contributed by atoms with Crippen molar-refractivity contribution < 1.29 is 9.53 Å². The number of carbonyl (C=O) groups excluding carboxylic acids is 1. The Hall–Kier alpha value is -2.82. The SMILES string of the molecule is CCC(CC)C(=O)Nc1cc(-c2cn3cccc(C)c3n2)ccc1OC. The Labute approximate surface area is 154 Å². The fourth-order valence-electron chi connectivity index (χ4n) is 3.15. The predicted molar refractivity (Wildman–Crippen MR) is 105 cm³/mol. The van der Waals surface area contributed by atoms with Gasteiger partial charge in [-0.25, -0.2) is 4.98 Å². The van der Waals surface area contributed by atoms with Gasteiger partial charge in [-0.15, -0.1) is 0 Å². The van der Waals surface area contributed by atoms with E-state index < -0.39 is 0 Å². The average Bonchev–Trinajstić information content (AvgIpc) is 3.08. The topological polar surface area (TPSA) is 55.6 Å². The summed E-state index contributed by atoms with van der Waals surface area (Å²) in [7, 11) is 1.61. The summed E-state index contributed by atoms with van der Waals surface area (Å²) in [5.41, 5.74) is 4.53. The number of rotatable bonds is 6. The van der Waals surface area contributed by atoms with E-state index >= 15 is 0 Å². The number of hydrogen-bond acceptors (Lipinski definition) is 3. The summed E-state index contributed by atoms with van der Waals surface area (Å²) in [6, 6.07) is 9.80. The van der Waals surface area contributed by atoms with Gasteiger partial charge in [-0.05, 0) is 49.6 Å². The van der Waals surface area contributed by atoms with Gasteiger partial charge in [0, 0.05) is 23.9 Å². The van der Waals surface area contributed by atoms with Gasteiger partial charge in [0.25, 0.3) is 0 Å². The molecule has 3 aromatic rings. The number of aromatic nitrogens is 2. The molecule has 0 radical (unpaired) electrons. The van der Waals surface area contributed by atoms with E-state index in [1.165, 1.54) is 0 Å². The van der Waals surface area contributed by atoms with Gasteiger partial charge < -0.3 is 14.5 Å². The Morgan fingerprint density at radius 1 is 1.27 bits per heavy atom. The van der Waals surface area contributed by atoms with Crippen LogP contribution in [-0.4, -0.2) is 22.4 Å². The summed E-state index contributed by atoms with van der Waals surface area (Å²) in [6.45, 7) is 6.10. The highest BCUT2D eigenvalue weighted by Crippen LogP contribution is 2.31. The molecule has 3 rings (SSSR count). The summed E-state index contributed by atoms with van der Waals surface area (Å²) in [5, 5.41) is 3.02. The molecule has 1 aromatic carbocycles. The Kier molecular flexibility index (Phi) is 5.26. The number of fused-ring (bicyclic) bond motifs is 1. The maximum absolute atomic E-state index is 12.5. The molecule has 5 nitrogen and oxygen atoms in total. The number of hydrogen-bond donors (Lipinski definition) is 1. The molecule has 0 saturated heterocycles. The van der Waals surface area contributed by atoms with E-state index in [1.54, 1.807) is 7.11 Å². The lowest BCUT2D eigenvalue weighted by Crippen LogP contribution is -2.22. The summed E-state index contributed by atoms with van der Waals surface area (Å²) in [6.07, 6.45) is 5.61.